The van der Waals surface area contributed by atoms with Crippen molar-refractivity contribution in [3.05, 3.63) is 0 Å². The summed E-state index contributed by atoms with van der Waals surface area (Å²) in [6.45, 7) is 4.77. The van der Waals surface area contributed by atoms with Gasteiger partial charge in [0.25, 0.3) is 0 Å². The Bertz CT molecular complexity index is 562. The lowest BCUT2D eigenvalue weighted by Gasteiger charge is -2.60. The second-order valence-electron chi connectivity index (χ2n) is 9.09. The third kappa shape index (κ3) is 2.22. The molecular formula is C19H26Br2O2. The minimum Gasteiger partial charge on any atom is -0.299 e. The molecule has 0 heterocycles. The average molecular weight is 446 g/mol. The summed E-state index contributed by atoms with van der Waals surface area (Å²) in [6, 6.07) is 0. The minimum absolute atomic E-state index is 0.0276. The molecular weight excluding hydrogens is 420 g/mol. The summed E-state index contributed by atoms with van der Waals surface area (Å²) >= 11 is 7.20. The monoisotopic (exact) mass is 444 g/mol. The molecule has 23 heavy (non-hydrogen) atoms. The fourth-order valence-electron chi connectivity index (χ4n) is 6.94. The van der Waals surface area contributed by atoms with Crippen LogP contribution in [0.25, 0.3) is 0 Å². The molecule has 0 N–H and O–H groups in total. The molecule has 4 heteroatoms. The maximum atomic E-state index is 13.0. The number of alkyl halides is 2. The van der Waals surface area contributed by atoms with Gasteiger partial charge in [0.15, 0.2) is 5.78 Å². The summed E-state index contributed by atoms with van der Waals surface area (Å²) in [6.07, 6.45) is 8.08. The Hall–Kier alpha value is 0.300. The Morgan fingerprint density at radius 1 is 1.04 bits per heavy atom. The molecule has 2 nitrogen and oxygen atoms in total. The van der Waals surface area contributed by atoms with Crippen LogP contribution in [0.15, 0.2) is 0 Å². The van der Waals surface area contributed by atoms with E-state index in [1.54, 1.807) is 0 Å². The van der Waals surface area contributed by atoms with Crippen LogP contribution in [0, 0.1) is 34.5 Å². The Kier molecular flexibility index (Phi) is 3.93. The summed E-state index contributed by atoms with van der Waals surface area (Å²) in [7, 11) is 0. The van der Waals surface area contributed by atoms with Gasteiger partial charge in [0.2, 0.25) is 0 Å². The van der Waals surface area contributed by atoms with Gasteiger partial charge in [-0.3, -0.25) is 9.59 Å². The number of fused-ring (bicyclic) bond motifs is 5. The van der Waals surface area contributed by atoms with E-state index in [4.69, 9.17) is 0 Å². The lowest BCUT2D eigenvalue weighted by Crippen LogP contribution is -2.61. The second kappa shape index (κ2) is 5.40. The highest BCUT2D eigenvalue weighted by Crippen LogP contribution is 2.66. The van der Waals surface area contributed by atoms with E-state index in [0.29, 0.717) is 29.5 Å². The Labute approximate surface area is 155 Å². The van der Waals surface area contributed by atoms with E-state index in [2.05, 4.69) is 45.7 Å². The SMILES string of the molecule is C[C@@]12CCC[C@H]1[C@@H]1CC(=O)[C@H]3[C@H](Br)C(=O)[C@H](Br)C[C@]3(C)[C@H]1CC2. The number of carbonyl (C=O) groups excluding carboxylic acids is 2. The van der Waals surface area contributed by atoms with Crippen molar-refractivity contribution in [1.82, 2.24) is 0 Å². The van der Waals surface area contributed by atoms with Gasteiger partial charge < -0.3 is 0 Å². The van der Waals surface area contributed by atoms with Crippen LogP contribution in [-0.2, 0) is 9.59 Å². The highest BCUT2D eigenvalue weighted by Gasteiger charge is 2.63. The molecule has 4 fully saturated rings. The smallest absolute Gasteiger partial charge is 0.160 e. The van der Waals surface area contributed by atoms with Crippen LogP contribution in [0.3, 0.4) is 0 Å². The van der Waals surface area contributed by atoms with Gasteiger partial charge in [0.1, 0.15) is 5.78 Å². The van der Waals surface area contributed by atoms with Crippen molar-refractivity contribution in [2.75, 3.05) is 0 Å². The molecule has 4 rings (SSSR count). The van der Waals surface area contributed by atoms with Gasteiger partial charge in [-0.25, -0.2) is 0 Å². The van der Waals surface area contributed by atoms with Gasteiger partial charge in [-0.2, -0.15) is 0 Å². The van der Waals surface area contributed by atoms with E-state index in [9.17, 15) is 9.59 Å². The van der Waals surface area contributed by atoms with Crippen molar-refractivity contribution in [1.29, 1.82) is 0 Å². The predicted octanol–water partition coefficient (Wildman–Crippen LogP) is 4.91. The first-order valence-electron chi connectivity index (χ1n) is 9.12. The average Bonchev–Trinajstić information content (AvgIpc) is 2.86. The van der Waals surface area contributed by atoms with E-state index in [1.165, 1.54) is 32.1 Å². The first-order valence-corrected chi connectivity index (χ1v) is 11.0. The second-order valence-corrected chi connectivity index (χ2v) is 11.2. The zero-order valence-electron chi connectivity index (χ0n) is 14.0. The normalized spacial score (nSPS) is 56.0. The molecule has 128 valence electrons. The van der Waals surface area contributed by atoms with Crippen LogP contribution in [0.1, 0.15) is 58.8 Å². The number of hydrogen-bond donors (Lipinski definition) is 0. The third-order valence-electron chi connectivity index (χ3n) is 8.05. The lowest BCUT2D eigenvalue weighted by atomic mass is 9.45. The van der Waals surface area contributed by atoms with Crippen molar-refractivity contribution in [3.63, 3.8) is 0 Å². The van der Waals surface area contributed by atoms with Crippen molar-refractivity contribution < 1.29 is 9.59 Å². The van der Waals surface area contributed by atoms with Crippen LogP contribution >= 0.6 is 31.9 Å². The maximum Gasteiger partial charge on any atom is 0.160 e. The molecule has 0 unspecified atom stereocenters. The summed E-state index contributed by atoms with van der Waals surface area (Å²) in [5, 5.41) is 0. The number of ketones is 2. The van der Waals surface area contributed by atoms with Gasteiger partial charge in [-0.15, -0.1) is 0 Å². The standard InChI is InChI=1S/C19H26Br2O2/c1-18-6-3-4-11(18)10-8-14(22)15-16(21)17(23)13(20)9-19(15,2)12(10)5-7-18/h10-13,15-16H,3-9H2,1-2H3/t10-,11-,12-,13+,15-,16-,18-,19+/m0/s1. The molecule has 0 amide bonds. The fourth-order valence-corrected chi connectivity index (χ4v) is 9.50. The zero-order chi connectivity index (χ0) is 16.6. The summed E-state index contributed by atoms with van der Waals surface area (Å²) in [4.78, 5) is 25.1. The molecule has 4 aliphatic carbocycles. The minimum atomic E-state index is -0.295. The van der Waals surface area contributed by atoms with Crippen molar-refractivity contribution in [2.24, 2.45) is 34.5 Å². The molecule has 8 atom stereocenters. The number of halogens is 2. The molecule has 4 saturated carbocycles. The Balaban J connectivity index is 1.73. The van der Waals surface area contributed by atoms with E-state index in [0.717, 1.165) is 12.3 Å². The van der Waals surface area contributed by atoms with Crippen molar-refractivity contribution >= 4 is 43.4 Å². The molecule has 0 spiro atoms. The van der Waals surface area contributed by atoms with Crippen molar-refractivity contribution in [2.45, 2.75) is 68.4 Å². The lowest BCUT2D eigenvalue weighted by molar-refractivity contribution is -0.155. The fraction of sp³-hybridized carbons (Fsp3) is 0.895. The molecule has 0 aliphatic heterocycles. The van der Waals surface area contributed by atoms with E-state index in [-0.39, 0.29) is 26.8 Å². The zero-order valence-corrected chi connectivity index (χ0v) is 17.2. The third-order valence-corrected chi connectivity index (χ3v) is 9.81. The molecule has 0 aromatic rings. The van der Waals surface area contributed by atoms with Gasteiger partial charge >= 0.3 is 0 Å². The maximum absolute atomic E-state index is 13.0. The topological polar surface area (TPSA) is 34.1 Å². The molecule has 4 aliphatic rings. The van der Waals surface area contributed by atoms with Crippen LogP contribution < -0.4 is 0 Å². The molecule has 0 aromatic heterocycles. The van der Waals surface area contributed by atoms with Crippen LogP contribution in [0.2, 0.25) is 0 Å². The van der Waals surface area contributed by atoms with Crippen LogP contribution in [-0.4, -0.2) is 21.2 Å². The molecule has 0 aromatic carbocycles. The van der Waals surface area contributed by atoms with E-state index >= 15 is 0 Å². The first-order chi connectivity index (χ1) is 10.8. The van der Waals surface area contributed by atoms with E-state index < -0.39 is 0 Å². The van der Waals surface area contributed by atoms with Gasteiger partial charge in [-0.1, -0.05) is 52.1 Å². The number of hydrogen-bond acceptors (Lipinski definition) is 2. The number of rotatable bonds is 0. The highest BCUT2D eigenvalue weighted by atomic mass is 79.9. The van der Waals surface area contributed by atoms with Gasteiger partial charge in [0.05, 0.1) is 9.65 Å². The van der Waals surface area contributed by atoms with Crippen molar-refractivity contribution in [3.8, 4) is 0 Å². The molecule has 0 radical (unpaired) electrons. The largest absolute Gasteiger partial charge is 0.299 e. The summed E-state index contributed by atoms with van der Waals surface area (Å²) in [5.74, 6) is 2.28. The van der Waals surface area contributed by atoms with Gasteiger partial charge in [0, 0.05) is 12.3 Å². The summed E-state index contributed by atoms with van der Waals surface area (Å²) in [5.41, 5.74) is 0.441. The molecule has 0 bridgehead atoms. The van der Waals surface area contributed by atoms with E-state index in [1.807, 2.05) is 0 Å². The van der Waals surface area contributed by atoms with Crippen LogP contribution in [0.4, 0.5) is 0 Å². The predicted molar refractivity (Wildman–Crippen MR) is 97.9 cm³/mol. The van der Waals surface area contributed by atoms with Gasteiger partial charge in [-0.05, 0) is 60.7 Å². The Morgan fingerprint density at radius 2 is 1.78 bits per heavy atom. The Morgan fingerprint density at radius 3 is 2.52 bits per heavy atom. The highest BCUT2D eigenvalue weighted by molar-refractivity contribution is 9.10. The first kappa shape index (κ1) is 16.8. The number of Topliss-reactive ketones (excluding diaryl/α,β-unsaturated/α-hetero) is 2. The molecule has 0 saturated heterocycles. The van der Waals surface area contributed by atoms with Crippen LogP contribution in [0.5, 0.6) is 0 Å². The summed E-state index contributed by atoms with van der Waals surface area (Å²) < 4.78 is 0. The quantitative estimate of drug-likeness (QED) is 0.496. The number of carbonyl (C=O) groups is 2.